The van der Waals surface area contributed by atoms with E-state index in [9.17, 15) is 14.7 Å². The molecule has 214 valence electrons. The predicted molar refractivity (Wildman–Crippen MR) is 156 cm³/mol. The zero-order chi connectivity index (χ0) is 28.5. The van der Waals surface area contributed by atoms with Crippen LogP contribution in [-0.4, -0.2) is 54.8 Å². The molecule has 1 N–H and O–H groups in total. The normalized spacial score (nSPS) is 19.1. The number of hydrogen-bond acceptors (Lipinski definition) is 5. The van der Waals surface area contributed by atoms with Crippen molar-refractivity contribution in [3.63, 3.8) is 0 Å². The maximum Gasteiger partial charge on any atom is 0.304 e. The van der Waals surface area contributed by atoms with Crippen molar-refractivity contribution in [3.8, 4) is 28.4 Å². The summed E-state index contributed by atoms with van der Waals surface area (Å²) >= 11 is 0. The fourth-order valence-electron chi connectivity index (χ4n) is 6.61. The second kappa shape index (κ2) is 11.5. The van der Waals surface area contributed by atoms with Gasteiger partial charge in [-0.2, -0.15) is 0 Å². The number of carbonyl (C=O) groups is 2. The summed E-state index contributed by atoms with van der Waals surface area (Å²) in [6.07, 6.45) is 3.38. The first-order chi connectivity index (χ1) is 19.9. The van der Waals surface area contributed by atoms with Gasteiger partial charge in [-0.3, -0.25) is 9.59 Å². The van der Waals surface area contributed by atoms with Gasteiger partial charge < -0.3 is 24.2 Å². The average Bonchev–Trinajstić information content (AvgIpc) is 3.65. The van der Waals surface area contributed by atoms with Gasteiger partial charge in [-0.05, 0) is 73.6 Å². The number of benzene rings is 3. The zero-order valence-corrected chi connectivity index (χ0v) is 23.8. The number of fused-ring (bicyclic) bond motifs is 2. The van der Waals surface area contributed by atoms with Crippen LogP contribution in [0.5, 0.6) is 17.2 Å². The van der Waals surface area contributed by atoms with Crippen LogP contribution < -0.4 is 14.2 Å². The number of aliphatic carboxylic acids is 1. The second-order valence-electron chi connectivity index (χ2n) is 11.5. The Morgan fingerprint density at radius 2 is 1.83 bits per heavy atom. The second-order valence-corrected chi connectivity index (χ2v) is 11.5. The molecule has 0 aliphatic carbocycles. The molecule has 0 spiro atoms. The van der Waals surface area contributed by atoms with Crippen molar-refractivity contribution in [2.45, 2.75) is 57.8 Å². The Labute approximate surface area is 241 Å². The molecule has 0 radical (unpaired) electrons. The zero-order valence-electron chi connectivity index (χ0n) is 23.8. The van der Waals surface area contributed by atoms with Crippen molar-refractivity contribution in [2.24, 2.45) is 0 Å². The third-order valence-corrected chi connectivity index (χ3v) is 8.56. The summed E-state index contributed by atoms with van der Waals surface area (Å²) in [7, 11) is 0. The van der Waals surface area contributed by atoms with Crippen LogP contribution in [0.3, 0.4) is 0 Å². The summed E-state index contributed by atoms with van der Waals surface area (Å²) in [6, 6.07) is 16.8. The number of amides is 1. The standard InChI is InChI=1S/C34H37NO6/c1-21-14-26(39-13-5-12-35-11-4-8-31(35)36)15-22(2)33(21)29-7-3-6-28-24(20-41-34(28)29)16-23-9-10-27-25(18-32(37)38)19-40-30(27)17-23/h3,6-7,9-10,14-15,17,24-25H,4-5,8,11-13,16,18-20H2,1-2H3,(H,37,38)/t24-,25-/m1/s1. The average molecular weight is 556 g/mol. The van der Waals surface area contributed by atoms with E-state index >= 15 is 0 Å². The fraction of sp³-hybridized carbons (Fsp3) is 0.412. The van der Waals surface area contributed by atoms with Crippen molar-refractivity contribution < 1.29 is 28.9 Å². The summed E-state index contributed by atoms with van der Waals surface area (Å²) < 4.78 is 18.3. The van der Waals surface area contributed by atoms with E-state index in [1.165, 1.54) is 11.1 Å². The Morgan fingerprint density at radius 3 is 2.59 bits per heavy atom. The van der Waals surface area contributed by atoms with Gasteiger partial charge in [0.1, 0.15) is 17.2 Å². The molecule has 7 nitrogen and oxygen atoms in total. The molecular formula is C34H37NO6. The fourth-order valence-corrected chi connectivity index (χ4v) is 6.61. The van der Waals surface area contributed by atoms with Crippen LogP contribution in [0.25, 0.3) is 11.1 Å². The van der Waals surface area contributed by atoms with Gasteiger partial charge >= 0.3 is 5.97 Å². The van der Waals surface area contributed by atoms with E-state index in [0.29, 0.717) is 26.2 Å². The van der Waals surface area contributed by atoms with E-state index in [4.69, 9.17) is 14.2 Å². The monoisotopic (exact) mass is 555 g/mol. The molecule has 0 aromatic heterocycles. The summed E-state index contributed by atoms with van der Waals surface area (Å²) in [6.45, 7) is 7.48. The first-order valence-electron chi connectivity index (χ1n) is 14.6. The van der Waals surface area contributed by atoms with Gasteiger partial charge in [-0.25, -0.2) is 0 Å². The van der Waals surface area contributed by atoms with E-state index in [0.717, 1.165) is 77.4 Å². The Morgan fingerprint density at radius 1 is 1.02 bits per heavy atom. The molecule has 3 aliphatic heterocycles. The Hall–Kier alpha value is -4.00. The van der Waals surface area contributed by atoms with Crippen molar-refractivity contribution >= 4 is 11.9 Å². The van der Waals surface area contributed by atoms with Crippen LogP contribution in [0, 0.1) is 13.8 Å². The number of hydrogen-bond donors (Lipinski definition) is 1. The minimum Gasteiger partial charge on any atom is -0.494 e. The van der Waals surface area contributed by atoms with Gasteiger partial charge in [0.2, 0.25) is 5.91 Å². The first kappa shape index (κ1) is 27.2. The third kappa shape index (κ3) is 5.63. The Balaban J connectivity index is 1.15. The molecule has 41 heavy (non-hydrogen) atoms. The van der Waals surface area contributed by atoms with Gasteiger partial charge in [-0.1, -0.05) is 30.3 Å². The first-order valence-corrected chi connectivity index (χ1v) is 14.6. The molecule has 3 aromatic carbocycles. The highest BCUT2D eigenvalue weighted by Gasteiger charge is 2.30. The minimum atomic E-state index is -0.801. The predicted octanol–water partition coefficient (Wildman–Crippen LogP) is 6.03. The lowest BCUT2D eigenvalue weighted by molar-refractivity contribution is -0.137. The van der Waals surface area contributed by atoms with Crippen molar-refractivity contribution in [1.82, 2.24) is 4.90 Å². The van der Waals surface area contributed by atoms with Crippen LogP contribution in [0.15, 0.2) is 48.5 Å². The maximum absolute atomic E-state index is 11.8. The van der Waals surface area contributed by atoms with E-state index in [1.54, 1.807) is 0 Å². The van der Waals surface area contributed by atoms with Gasteiger partial charge in [0.25, 0.3) is 0 Å². The number of nitrogens with zero attached hydrogens (tertiary/aromatic N) is 1. The van der Waals surface area contributed by atoms with E-state index in [-0.39, 0.29) is 24.2 Å². The number of rotatable bonds is 10. The number of carboxylic acid groups (broad SMARTS) is 1. The molecule has 0 unspecified atom stereocenters. The molecule has 3 aliphatic rings. The molecule has 3 heterocycles. The van der Waals surface area contributed by atoms with Crippen LogP contribution >= 0.6 is 0 Å². The third-order valence-electron chi connectivity index (χ3n) is 8.56. The summed E-state index contributed by atoms with van der Waals surface area (Å²) in [5.74, 6) is 2.21. The summed E-state index contributed by atoms with van der Waals surface area (Å²) in [4.78, 5) is 24.9. The molecule has 1 fully saturated rings. The Bertz CT molecular complexity index is 1460. The van der Waals surface area contributed by atoms with Gasteiger partial charge in [0.05, 0.1) is 26.2 Å². The molecular weight excluding hydrogens is 518 g/mol. The number of carboxylic acids is 1. The highest BCUT2D eigenvalue weighted by atomic mass is 16.5. The highest BCUT2D eigenvalue weighted by Crippen LogP contribution is 2.46. The SMILES string of the molecule is Cc1cc(OCCCN2CCCC2=O)cc(C)c1-c1cccc2c1OC[C@H]2Cc1ccc2c(c1)OC[C@H]2CC(=O)O. The molecule has 0 saturated carbocycles. The van der Waals surface area contributed by atoms with Crippen LogP contribution in [0.2, 0.25) is 0 Å². The van der Waals surface area contributed by atoms with Crippen LogP contribution in [-0.2, 0) is 16.0 Å². The number of carbonyl (C=O) groups excluding carboxylic acids is 1. The van der Waals surface area contributed by atoms with Crippen LogP contribution in [0.4, 0.5) is 0 Å². The van der Waals surface area contributed by atoms with Crippen molar-refractivity contribution in [3.05, 3.63) is 76.3 Å². The minimum absolute atomic E-state index is 0.0847. The highest BCUT2D eigenvalue weighted by molar-refractivity contribution is 5.79. The largest absolute Gasteiger partial charge is 0.494 e. The van der Waals surface area contributed by atoms with E-state index < -0.39 is 5.97 Å². The van der Waals surface area contributed by atoms with E-state index in [1.807, 2.05) is 11.0 Å². The topological polar surface area (TPSA) is 85.3 Å². The molecule has 0 bridgehead atoms. The van der Waals surface area contributed by atoms with Gasteiger partial charge in [0.15, 0.2) is 0 Å². The molecule has 1 saturated heterocycles. The summed E-state index contributed by atoms with van der Waals surface area (Å²) in [5, 5.41) is 9.19. The number of para-hydroxylation sites is 1. The molecule has 3 aromatic rings. The van der Waals surface area contributed by atoms with E-state index in [2.05, 4.69) is 56.3 Å². The summed E-state index contributed by atoms with van der Waals surface area (Å²) in [5.41, 5.74) is 7.92. The molecule has 7 heteroatoms. The Kier molecular flexibility index (Phi) is 7.61. The van der Waals surface area contributed by atoms with Gasteiger partial charge in [-0.15, -0.1) is 0 Å². The number of ether oxygens (including phenoxy) is 3. The number of likely N-dealkylation sites (tertiary alicyclic amines) is 1. The lowest BCUT2D eigenvalue weighted by Crippen LogP contribution is -2.26. The molecule has 2 atom stereocenters. The molecule has 6 rings (SSSR count). The quantitative estimate of drug-likeness (QED) is 0.308. The van der Waals surface area contributed by atoms with Crippen molar-refractivity contribution in [2.75, 3.05) is 32.9 Å². The number of aryl methyl sites for hydroxylation is 2. The smallest absolute Gasteiger partial charge is 0.304 e. The lowest BCUT2D eigenvalue weighted by atomic mass is 9.88. The van der Waals surface area contributed by atoms with Gasteiger partial charge in [0, 0.05) is 48.0 Å². The lowest BCUT2D eigenvalue weighted by Gasteiger charge is -2.17. The van der Waals surface area contributed by atoms with Crippen LogP contribution in [0.1, 0.15) is 65.3 Å². The maximum atomic E-state index is 11.8. The molecule has 1 amide bonds. The van der Waals surface area contributed by atoms with Crippen molar-refractivity contribution in [1.29, 1.82) is 0 Å².